The third-order valence-electron chi connectivity index (χ3n) is 7.63. The number of rotatable bonds is 1. The summed E-state index contributed by atoms with van der Waals surface area (Å²) >= 11 is 6.30. The van der Waals surface area contributed by atoms with E-state index in [9.17, 15) is 14.4 Å². The number of carbonyl (C=O) groups is 3. The first kappa shape index (κ1) is 19.0. The fraction of sp³-hybridized carbons (Fsp3) is 0.375. The number of anilines is 2. The van der Waals surface area contributed by atoms with Crippen LogP contribution in [0, 0.1) is 25.7 Å². The van der Waals surface area contributed by atoms with Gasteiger partial charge in [0.1, 0.15) is 5.54 Å². The summed E-state index contributed by atoms with van der Waals surface area (Å²) in [6.07, 6.45) is 1.71. The number of nitrogens with zero attached hydrogens (tertiary/aromatic N) is 2. The van der Waals surface area contributed by atoms with Crippen LogP contribution in [0.2, 0.25) is 5.02 Å². The second kappa shape index (κ2) is 6.17. The highest BCUT2D eigenvalue weighted by atomic mass is 35.5. The number of carbonyl (C=O) groups excluding carboxylic acids is 3. The van der Waals surface area contributed by atoms with Gasteiger partial charge < -0.3 is 5.32 Å². The molecule has 4 atom stereocenters. The lowest BCUT2D eigenvalue weighted by molar-refractivity contribution is -0.135. The molecule has 3 fully saturated rings. The lowest BCUT2D eigenvalue weighted by atomic mass is 9.75. The Kier molecular flexibility index (Phi) is 3.79. The number of hydrogen-bond acceptors (Lipinski definition) is 4. The van der Waals surface area contributed by atoms with E-state index in [1.807, 2.05) is 32.0 Å². The molecule has 2 aromatic rings. The third-order valence-corrected chi connectivity index (χ3v) is 8.04. The van der Waals surface area contributed by atoms with Gasteiger partial charge in [0.25, 0.3) is 0 Å². The molecule has 4 unspecified atom stereocenters. The third kappa shape index (κ3) is 2.14. The van der Waals surface area contributed by atoms with Crippen molar-refractivity contribution < 1.29 is 14.4 Å². The first-order valence-electron chi connectivity index (χ1n) is 10.7. The molecule has 1 spiro atoms. The van der Waals surface area contributed by atoms with Gasteiger partial charge in [-0.25, -0.2) is 4.90 Å². The molecule has 6 rings (SSSR count). The largest absolute Gasteiger partial charge is 0.324 e. The van der Waals surface area contributed by atoms with Gasteiger partial charge in [0, 0.05) is 22.3 Å². The molecular formula is C24H22ClN3O3. The number of fused-ring (bicyclic) bond motifs is 7. The van der Waals surface area contributed by atoms with Gasteiger partial charge in [-0.05, 0) is 57.0 Å². The highest BCUT2D eigenvalue weighted by Crippen LogP contribution is 2.60. The van der Waals surface area contributed by atoms with E-state index in [1.54, 1.807) is 18.2 Å². The summed E-state index contributed by atoms with van der Waals surface area (Å²) in [6, 6.07) is 11.0. The quantitative estimate of drug-likeness (QED) is 0.697. The molecule has 158 valence electrons. The zero-order valence-corrected chi connectivity index (χ0v) is 18.1. The van der Waals surface area contributed by atoms with Crippen molar-refractivity contribution in [1.82, 2.24) is 4.90 Å². The molecule has 31 heavy (non-hydrogen) atoms. The van der Waals surface area contributed by atoms with Gasteiger partial charge in [0.15, 0.2) is 0 Å². The Morgan fingerprint density at radius 3 is 2.71 bits per heavy atom. The summed E-state index contributed by atoms with van der Waals surface area (Å²) in [6.45, 7) is 4.49. The van der Waals surface area contributed by atoms with Crippen LogP contribution in [0.25, 0.3) is 0 Å². The van der Waals surface area contributed by atoms with Crippen LogP contribution < -0.4 is 10.2 Å². The van der Waals surface area contributed by atoms with Crippen molar-refractivity contribution in [3.8, 4) is 0 Å². The summed E-state index contributed by atoms with van der Waals surface area (Å²) in [5.74, 6) is -2.00. The lowest BCUT2D eigenvalue weighted by Crippen LogP contribution is -2.54. The summed E-state index contributed by atoms with van der Waals surface area (Å²) in [4.78, 5) is 44.7. The van der Waals surface area contributed by atoms with Crippen LogP contribution in [0.1, 0.15) is 29.5 Å². The molecule has 3 amide bonds. The van der Waals surface area contributed by atoms with Crippen LogP contribution in [0.3, 0.4) is 0 Å². The van der Waals surface area contributed by atoms with Crippen molar-refractivity contribution in [2.45, 2.75) is 38.3 Å². The fourth-order valence-electron chi connectivity index (χ4n) is 6.39. The van der Waals surface area contributed by atoms with E-state index in [-0.39, 0.29) is 23.8 Å². The molecule has 7 heteroatoms. The molecule has 3 saturated heterocycles. The van der Waals surface area contributed by atoms with E-state index in [4.69, 9.17) is 11.6 Å². The Morgan fingerprint density at radius 2 is 1.90 bits per heavy atom. The second-order valence-electron chi connectivity index (χ2n) is 9.07. The van der Waals surface area contributed by atoms with E-state index in [2.05, 4.69) is 10.2 Å². The maximum absolute atomic E-state index is 13.9. The maximum Gasteiger partial charge on any atom is 0.250 e. The molecule has 2 aromatic carbocycles. The second-order valence-corrected chi connectivity index (χ2v) is 9.48. The van der Waals surface area contributed by atoms with Crippen molar-refractivity contribution in [3.05, 3.63) is 58.1 Å². The van der Waals surface area contributed by atoms with Crippen LogP contribution in [0.5, 0.6) is 0 Å². The van der Waals surface area contributed by atoms with Crippen LogP contribution in [-0.4, -0.2) is 35.2 Å². The molecule has 0 saturated carbocycles. The molecular weight excluding hydrogens is 414 g/mol. The molecule has 1 N–H and O–H groups in total. The fourth-order valence-corrected chi connectivity index (χ4v) is 6.56. The van der Waals surface area contributed by atoms with Crippen LogP contribution in [-0.2, 0) is 19.9 Å². The Balaban J connectivity index is 1.58. The Labute approximate surface area is 185 Å². The number of nitrogens with one attached hydrogen (secondary N) is 1. The highest BCUT2D eigenvalue weighted by molar-refractivity contribution is 6.32. The van der Waals surface area contributed by atoms with Crippen LogP contribution >= 0.6 is 11.6 Å². The zero-order valence-electron chi connectivity index (χ0n) is 17.3. The Morgan fingerprint density at radius 1 is 1.10 bits per heavy atom. The van der Waals surface area contributed by atoms with Gasteiger partial charge >= 0.3 is 0 Å². The monoisotopic (exact) mass is 435 g/mol. The van der Waals surface area contributed by atoms with Crippen LogP contribution in [0.4, 0.5) is 11.4 Å². The topological polar surface area (TPSA) is 69.7 Å². The van der Waals surface area contributed by atoms with Gasteiger partial charge in [-0.15, -0.1) is 0 Å². The average Bonchev–Trinajstić information content (AvgIpc) is 3.43. The summed E-state index contributed by atoms with van der Waals surface area (Å²) in [5.41, 5.74) is 2.64. The first-order chi connectivity index (χ1) is 14.9. The first-order valence-corrected chi connectivity index (χ1v) is 11.1. The molecule has 0 bridgehead atoms. The predicted molar refractivity (Wildman–Crippen MR) is 117 cm³/mol. The van der Waals surface area contributed by atoms with Gasteiger partial charge in [-0.3, -0.25) is 19.3 Å². The maximum atomic E-state index is 13.9. The van der Waals surface area contributed by atoms with Crippen molar-refractivity contribution in [2.75, 3.05) is 16.8 Å². The normalized spacial score (nSPS) is 31.4. The summed E-state index contributed by atoms with van der Waals surface area (Å²) in [7, 11) is 0. The van der Waals surface area contributed by atoms with Gasteiger partial charge in [-0.1, -0.05) is 35.4 Å². The molecule has 4 aliphatic heterocycles. The molecule has 6 nitrogen and oxygen atoms in total. The van der Waals surface area contributed by atoms with Crippen molar-refractivity contribution in [2.24, 2.45) is 11.8 Å². The van der Waals surface area contributed by atoms with E-state index in [1.165, 1.54) is 4.90 Å². The van der Waals surface area contributed by atoms with Crippen LogP contribution in [0.15, 0.2) is 36.4 Å². The minimum atomic E-state index is -1.14. The predicted octanol–water partition coefficient (Wildman–Crippen LogP) is 3.39. The zero-order chi connectivity index (χ0) is 21.7. The van der Waals surface area contributed by atoms with Gasteiger partial charge in [-0.2, -0.15) is 0 Å². The number of halogens is 1. The van der Waals surface area contributed by atoms with Gasteiger partial charge in [0.2, 0.25) is 17.7 Å². The number of imide groups is 1. The summed E-state index contributed by atoms with van der Waals surface area (Å²) in [5, 5.41) is 3.52. The van der Waals surface area contributed by atoms with Gasteiger partial charge in [0.05, 0.1) is 17.5 Å². The Hall–Kier alpha value is -2.70. The van der Waals surface area contributed by atoms with Crippen molar-refractivity contribution in [3.63, 3.8) is 0 Å². The molecule has 0 aromatic heterocycles. The van der Waals surface area contributed by atoms with E-state index in [0.29, 0.717) is 22.8 Å². The Bertz CT molecular complexity index is 1190. The van der Waals surface area contributed by atoms with E-state index < -0.39 is 17.4 Å². The molecule has 4 aliphatic rings. The highest BCUT2D eigenvalue weighted by Gasteiger charge is 2.74. The number of amides is 3. The standard InChI is InChI=1S/C24H22ClN3O3/c1-12-8-9-16-14(11-12)24(23(31)26-16)20-19(18-7-4-10-27(18)24)21(29)28(22(20)30)17-6-3-5-15(25)13(17)2/h3,5-6,8-9,11,18-20H,4,7,10H2,1-2H3,(H,26,31). The number of benzene rings is 2. The molecule has 4 heterocycles. The minimum Gasteiger partial charge on any atom is -0.324 e. The molecule has 0 radical (unpaired) electrons. The van der Waals surface area contributed by atoms with E-state index >= 15 is 0 Å². The average molecular weight is 436 g/mol. The smallest absolute Gasteiger partial charge is 0.250 e. The lowest BCUT2D eigenvalue weighted by Gasteiger charge is -2.37. The summed E-state index contributed by atoms with van der Waals surface area (Å²) < 4.78 is 0. The number of hydrogen-bond donors (Lipinski definition) is 1. The van der Waals surface area contributed by atoms with E-state index in [0.717, 1.165) is 29.7 Å². The SMILES string of the molecule is Cc1ccc2c(c1)C1(C(=O)N2)C2C(=O)N(c3cccc(Cl)c3C)C(=O)C2C2CCCN21. The van der Waals surface area contributed by atoms with Crippen molar-refractivity contribution in [1.29, 1.82) is 0 Å². The van der Waals surface area contributed by atoms with Crippen molar-refractivity contribution >= 4 is 40.7 Å². The minimum absolute atomic E-state index is 0.122. The molecule has 0 aliphatic carbocycles. The number of aryl methyl sites for hydroxylation is 1.